The van der Waals surface area contributed by atoms with Crippen molar-refractivity contribution in [2.75, 3.05) is 13.6 Å². The number of rotatable bonds is 0. The van der Waals surface area contributed by atoms with Crippen LogP contribution in [0.3, 0.4) is 0 Å². The molecule has 0 N–H and O–H groups in total. The van der Waals surface area contributed by atoms with Crippen LogP contribution in [0.1, 0.15) is 29.5 Å². The molecular weight excluding hydrogens is 158 g/mol. The molecule has 1 aromatic rings. The van der Waals surface area contributed by atoms with Gasteiger partial charge in [-0.15, -0.1) is 0 Å². The van der Waals surface area contributed by atoms with Gasteiger partial charge in [0.15, 0.2) is 0 Å². The number of fused-ring (bicyclic) bond motifs is 1. The van der Waals surface area contributed by atoms with Gasteiger partial charge in [0.25, 0.3) is 0 Å². The second kappa shape index (κ2) is 3.15. The van der Waals surface area contributed by atoms with Gasteiger partial charge in [-0.2, -0.15) is 0 Å². The fourth-order valence-electron chi connectivity index (χ4n) is 2.27. The molecule has 0 radical (unpaired) electrons. The van der Waals surface area contributed by atoms with Crippen molar-refractivity contribution < 1.29 is 0 Å². The van der Waals surface area contributed by atoms with Gasteiger partial charge in [0.2, 0.25) is 0 Å². The summed E-state index contributed by atoms with van der Waals surface area (Å²) in [4.78, 5) is 2.40. The van der Waals surface area contributed by atoms with Gasteiger partial charge >= 0.3 is 0 Å². The molecule has 0 spiro atoms. The molecule has 1 aliphatic heterocycles. The predicted molar refractivity (Wildman–Crippen MR) is 55.9 cm³/mol. The Labute approximate surface area is 80.4 Å². The van der Waals surface area contributed by atoms with Crippen LogP contribution in [0.2, 0.25) is 0 Å². The van der Waals surface area contributed by atoms with E-state index in [4.69, 9.17) is 0 Å². The quantitative estimate of drug-likeness (QED) is 0.585. The maximum absolute atomic E-state index is 2.40. The molecule has 0 saturated heterocycles. The maximum Gasteiger partial charge on any atom is 0.0233 e. The summed E-state index contributed by atoms with van der Waals surface area (Å²) < 4.78 is 0. The zero-order chi connectivity index (χ0) is 9.42. The first kappa shape index (κ1) is 8.76. The molecule has 1 aliphatic rings. The Balaban J connectivity index is 2.43. The number of nitrogens with zero attached hydrogens (tertiary/aromatic N) is 1. The van der Waals surface area contributed by atoms with Gasteiger partial charge in [-0.3, -0.25) is 0 Å². The van der Waals surface area contributed by atoms with Gasteiger partial charge in [-0.1, -0.05) is 30.7 Å². The second-order valence-electron chi connectivity index (χ2n) is 4.30. The van der Waals surface area contributed by atoms with Crippen LogP contribution in [0, 0.1) is 6.92 Å². The fraction of sp³-hybridized carbons (Fsp3) is 0.500. The van der Waals surface area contributed by atoms with E-state index in [9.17, 15) is 0 Å². The fourth-order valence-corrected chi connectivity index (χ4v) is 2.27. The second-order valence-corrected chi connectivity index (χ2v) is 4.30. The lowest BCUT2D eigenvalue weighted by atomic mass is 9.90. The van der Waals surface area contributed by atoms with Crippen LogP contribution in [-0.4, -0.2) is 18.5 Å². The molecule has 0 fully saturated rings. The van der Waals surface area contributed by atoms with Gasteiger partial charge < -0.3 is 4.90 Å². The van der Waals surface area contributed by atoms with Crippen molar-refractivity contribution >= 4 is 0 Å². The Morgan fingerprint density at radius 1 is 1.38 bits per heavy atom. The summed E-state index contributed by atoms with van der Waals surface area (Å²) in [5.74, 6) is 0.689. The van der Waals surface area contributed by atoms with E-state index in [1.165, 1.54) is 17.7 Å². The minimum atomic E-state index is 0.689. The average Bonchev–Trinajstić information content (AvgIpc) is 2.02. The highest BCUT2D eigenvalue weighted by Gasteiger charge is 2.18. The highest BCUT2D eigenvalue weighted by molar-refractivity contribution is 5.35. The van der Waals surface area contributed by atoms with E-state index >= 15 is 0 Å². The SMILES string of the molecule is Cc1ccc2c(c1)CN(C)CC2C. The molecule has 0 saturated carbocycles. The lowest BCUT2D eigenvalue weighted by Gasteiger charge is -2.30. The molecule has 0 aliphatic carbocycles. The molecular formula is C12H17N. The van der Waals surface area contributed by atoms with E-state index in [2.05, 4.69) is 44.0 Å². The van der Waals surface area contributed by atoms with Crippen LogP contribution in [0.25, 0.3) is 0 Å². The topological polar surface area (TPSA) is 3.24 Å². The Kier molecular flexibility index (Phi) is 2.12. The summed E-state index contributed by atoms with van der Waals surface area (Å²) in [5.41, 5.74) is 4.44. The largest absolute Gasteiger partial charge is 0.302 e. The van der Waals surface area contributed by atoms with Gasteiger partial charge in [0, 0.05) is 13.1 Å². The van der Waals surface area contributed by atoms with Crippen molar-refractivity contribution in [1.82, 2.24) is 4.90 Å². The first-order valence-corrected chi connectivity index (χ1v) is 4.95. The molecule has 1 heteroatoms. The Bertz CT molecular complexity index is 317. The molecule has 0 amide bonds. The van der Waals surface area contributed by atoms with Crippen molar-refractivity contribution in [2.24, 2.45) is 0 Å². The number of aryl methyl sites for hydroxylation is 1. The van der Waals surface area contributed by atoms with Crippen molar-refractivity contribution in [3.8, 4) is 0 Å². The van der Waals surface area contributed by atoms with Gasteiger partial charge in [0.1, 0.15) is 0 Å². The van der Waals surface area contributed by atoms with E-state index in [0.29, 0.717) is 5.92 Å². The van der Waals surface area contributed by atoms with E-state index in [0.717, 1.165) is 6.54 Å². The smallest absolute Gasteiger partial charge is 0.0233 e. The van der Waals surface area contributed by atoms with Crippen molar-refractivity contribution in [3.05, 3.63) is 34.9 Å². The van der Waals surface area contributed by atoms with Crippen molar-refractivity contribution in [3.63, 3.8) is 0 Å². The number of likely N-dealkylation sites (N-methyl/N-ethyl adjacent to an activating group) is 1. The average molecular weight is 175 g/mol. The molecule has 1 unspecified atom stereocenters. The highest BCUT2D eigenvalue weighted by Crippen LogP contribution is 2.27. The maximum atomic E-state index is 2.40. The number of benzene rings is 1. The Morgan fingerprint density at radius 2 is 2.15 bits per heavy atom. The lowest BCUT2D eigenvalue weighted by molar-refractivity contribution is 0.288. The first-order chi connectivity index (χ1) is 6.16. The van der Waals surface area contributed by atoms with Crippen LogP contribution in [0.15, 0.2) is 18.2 Å². The third-order valence-corrected chi connectivity index (χ3v) is 2.86. The van der Waals surface area contributed by atoms with Crippen LogP contribution in [0.4, 0.5) is 0 Å². The standard InChI is InChI=1S/C12H17N/c1-9-4-5-12-10(2)7-13(3)8-11(12)6-9/h4-6,10H,7-8H2,1-3H3. The zero-order valence-electron chi connectivity index (χ0n) is 8.67. The molecule has 0 bridgehead atoms. The predicted octanol–water partition coefficient (Wildman–Crippen LogP) is 2.54. The van der Waals surface area contributed by atoms with Crippen molar-refractivity contribution in [1.29, 1.82) is 0 Å². The van der Waals surface area contributed by atoms with Crippen LogP contribution >= 0.6 is 0 Å². The van der Waals surface area contributed by atoms with Crippen molar-refractivity contribution in [2.45, 2.75) is 26.3 Å². The Morgan fingerprint density at radius 3 is 2.92 bits per heavy atom. The minimum Gasteiger partial charge on any atom is -0.302 e. The molecule has 70 valence electrons. The summed E-state index contributed by atoms with van der Waals surface area (Å²) in [6.45, 7) is 6.78. The van der Waals surface area contributed by atoms with Crippen LogP contribution in [0.5, 0.6) is 0 Å². The monoisotopic (exact) mass is 175 g/mol. The summed E-state index contributed by atoms with van der Waals surface area (Å²) >= 11 is 0. The van der Waals surface area contributed by atoms with Gasteiger partial charge in [-0.05, 0) is 31.0 Å². The molecule has 1 atom stereocenters. The number of hydrogen-bond acceptors (Lipinski definition) is 1. The van der Waals surface area contributed by atoms with Crippen LogP contribution < -0.4 is 0 Å². The minimum absolute atomic E-state index is 0.689. The molecule has 1 nitrogen and oxygen atoms in total. The molecule has 2 rings (SSSR count). The van der Waals surface area contributed by atoms with E-state index in [1.807, 2.05) is 0 Å². The first-order valence-electron chi connectivity index (χ1n) is 4.95. The van der Waals surface area contributed by atoms with Gasteiger partial charge in [0.05, 0.1) is 0 Å². The molecule has 1 heterocycles. The van der Waals surface area contributed by atoms with E-state index in [-0.39, 0.29) is 0 Å². The zero-order valence-corrected chi connectivity index (χ0v) is 8.67. The third kappa shape index (κ3) is 1.61. The van der Waals surface area contributed by atoms with Gasteiger partial charge in [-0.25, -0.2) is 0 Å². The molecule has 13 heavy (non-hydrogen) atoms. The summed E-state index contributed by atoms with van der Waals surface area (Å²) in [5, 5.41) is 0. The molecule has 1 aromatic carbocycles. The highest BCUT2D eigenvalue weighted by atomic mass is 15.1. The normalized spacial score (nSPS) is 22.8. The summed E-state index contributed by atoms with van der Waals surface area (Å²) in [6.07, 6.45) is 0. The van der Waals surface area contributed by atoms with E-state index in [1.54, 1.807) is 5.56 Å². The molecule has 0 aromatic heterocycles. The number of hydrogen-bond donors (Lipinski definition) is 0. The van der Waals surface area contributed by atoms with Crippen LogP contribution in [-0.2, 0) is 6.54 Å². The lowest BCUT2D eigenvalue weighted by Crippen LogP contribution is -2.29. The summed E-state index contributed by atoms with van der Waals surface area (Å²) in [7, 11) is 2.20. The third-order valence-electron chi connectivity index (χ3n) is 2.86. The Hall–Kier alpha value is -0.820. The summed E-state index contributed by atoms with van der Waals surface area (Å²) in [6, 6.07) is 6.84. The van der Waals surface area contributed by atoms with E-state index < -0.39 is 0 Å².